The molecule has 4 aromatic rings. The summed E-state index contributed by atoms with van der Waals surface area (Å²) in [7, 11) is -3.42. The first kappa shape index (κ1) is 37.8. The van der Waals surface area contributed by atoms with Gasteiger partial charge in [0.2, 0.25) is 11.8 Å². The van der Waals surface area contributed by atoms with E-state index in [0.717, 1.165) is 0 Å². The number of carbonyl (C=O) groups is 2. The summed E-state index contributed by atoms with van der Waals surface area (Å²) in [4.78, 5) is 38.3. The van der Waals surface area contributed by atoms with Gasteiger partial charge in [0.15, 0.2) is 22.9 Å². The van der Waals surface area contributed by atoms with Gasteiger partial charge in [0.05, 0.1) is 20.0 Å². The molecule has 51 heavy (non-hydrogen) atoms. The number of aromatic nitrogens is 4. The maximum absolute atomic E-state index is 15.1. The molecule has 0 spiro atoms. The number of methoxy groups -OCH3 is 1. The molecule has 274 valence electrons. The molecule has 7 atom stereocenters. The van der Waals surface area contributed by atoms with E-state index in [0.29, 0.717) is 0 Å². The molecule has 1 saturated heterocycles. The second-order valence-electron chi connectivity index (χ2n) is 13.7. The number of imidazole rings is 1. The zero-order chi connectivity index (χ0) is 37.4. The number of fused-ring (bicyclic) bond motifs is 1. The molecule has 0 amide bonds. The number of aliphatic carboxylic acids is 2. The van der Waals surface area contributed by atoms with Gasteiger partial charge in [-0.3, -0.25) is 13.9 Å². The third-order valence-corrected chi connectivity index (χ3v) is 10.3. The van der Waals surface area contributed by atoms with Gasteiger partial charge in [-0.05, 0) is 29.9 Å². The van der Waals surface area contributed by atoms with Gasteiger partial charge in [-0.25, -0.2) is 20.0 Å². The Bertz CT molecular complexity index is 1920. The van der Waals surface area contributed by atoms with Crippen LogP contribution in [0.3, 0.4) is 0 Å². The minimum absolute atomic E-state index is 0.0643. The highest BCUT2D eigenvalue weighted by Gasteiger charge is 2.55. The molecular formula is C33H42N7O10P. The van der Waals surface area contributed by atoms with Crippen LogP contribution in [0.25, 0.3) is 11.2 Å². The monoisotopic (exact) mass is 727 g/mol. The van der Waals surface area contributed by atoms with Crippen molar-refractivity contribution in [2.75, 3.05) is 19.5 Å². The van der Waals surface area contributed by atoms with Gasteiger partial charge >= 0.3 is 19.6 Å². The minimum Gasteiger partial charge on any atom is -0.480 e. The fraction of sp³-hybridized carbons (Fsp3) is 0.424. The van der Waals surface area contributed by atoms with Gasteiger partial charge in [-0.15, -0.1) is 0 Å². The predicted molar refractivity (Wildman–Crippen MR) is 183 cm³/mol. The number of nitrogen functional groups attached to an aromatic ring is 1. The van der Waals surface area contributed by atoms with Gasteiger partial charge in [-0.2, -0.15) is 9.97 Å². The van der Waals surface area contributed by atoms with E-state index in [-0.39, 0.29) is 40.5 Å². The van der Waals surface area contributed by atoms with E-state index in [1.165, 1.54) is 37.1 Å². The van der Waals surface area contributed by atoms with E-state index in [1.54, 1.807) is 69.3 Å². The molecule has 1 unspecified atom stereocenters. The predicted octanol–water partition coefficient (Wildman–Crippen LogP) is 2.97. The Balaban J connectivity index is 1.54. The number of anilines is 1. The van der Waals surface area contributed by atoms with E-state index in [2.05, 4.69) is 25.1 Å². The first-order valence-electron chi connectivity index (χ1n) is 15.9. The zero-order valence-electron chi connectivity index (χ0n) is 28.6. The molecule has 5 rings (SSSR count). The Morgan fingerprint density at radius 3 is 2.29 bits per heavy atom. The number of hydrogen-bond donors (Lipinski definition) is 7. The molecule has 8 N–H and O–H groups in total. The van der Waals surface area contributed by atoms with Gasteiger partial charge in [0, 0.05) is 0 Å². The summed E-state index contributed by atoms with van der Waals surface area (Å²) in [5.41, 5.74) is 1.85. The third kappa shape index (κ3) is 7.74. The van der Waals surface area contributed by atoms with E-state index >= 15 is 4.57 Å². The SMILES string of the molecule is COc1nc(N)nc2c1ncn2[C@@H]1O[C@H](COP(=O)(N[C@H](C(=O)O)c2ccccc2)N[C@](CC(C)(C)C)(C(=O)O)c2ccccc2)[C@@H](O)[C@@]1(C)O. The second kappa shape index (κ2) is 14.3. The van der Waals surface area contributed by atoms with Crippen molar-refractivity contribution < 1.29 is 48.6 Å². The van der Waals surface area contributed by atoms with Crippen LogP contribution in [0, 0.1) is 5.41 Å². The second-order valence-corrected chi connectivity index (χ2v) is 15.5. The highest BCUT2D eigenvalue weighted by Crippen LogP contribution is 2.50. The van der Waals surface area contributed by atoms with Crippen LogP contribution in [-0.4, -0.2) is 83.4 Å². The lowest BCUT2D eigenvalue weighted by molar-refractivity contribution is -0.146. The standard InChI is InChI=1S/C33H42N7O10P/c1-31(2,3)17-33(29(44)45,20-14-10-7-11-15-20)39-51(47,38-22(27(42)43)19-12-8-6-9-13-19)49-16-21-24(41)32(4,46)28(50-21)40-18-35-23-25(40)36-30(34)37-26(23)48-5/h6-15,18,21-22,24,28,41,46H,16-17H2,1-5H3,(H,42,43)(H,44,45)(H2,34,36,37)(H2,38,39,47)/t21-,22+,24-,28-,32-,33+,51?/m1/s1. The van der Waals surface area contributed by atoms with E-state index in [1.807, 2.05) is 0 Å². The summed E-state index contributed by atoms with van der Waals surface area (Å²) in [5.74, 6) is -2.91. The Morgan fingerprint density at radius 2 is 1.73 bits per heavy atom. The fourth-order valence-corrected chi connectivity index (χ4v) is 8.16. The largest absolute Gasteiger partial charge is 0.480 e. The number of rotatable bonds is 14. The highest BCUT2D eigenvalue weighted by molar-refractivity contribution is 7.54. The van der Waals surface area contributed by atoms with Crippen molar-refractivity contribution in [3.63, 3.8) is 0 Å². The van der Waals surface area contributed by atoms with Crippen LogP contribution in [0.1, 0.15) is 57.5 Å². The summed E-state index contributed by atoms with van der Waals surface area (Å²) in [5, 5.41) is 49.2. The van der Waals surface area contributed by atoms with Crippen molar-refractivity contribution in [2.24, 2.45) is 5.41 Å². The number of aliphatic hydroxyl groups excluding tert-OH is 1. The maximum Gasteiger partial charge on any atom is 0.343 e. The summed E-state index contributed by atoms with van der Waals surface area (Å²) in [6.45, 7) is 6.00. The van der Waals surface area contributed by atoms with Gasteiger partial charge in [-0.1, -0.05) is 81.4 Å². The maximum atomic E-state index is 15.1. The average Bonchev–Trinajstić information content (AvgIpc) is 3.58. The number of carboxylic acids is 2. The van der Waals surface area contributed by atoms with Crippen molar-refractivity contribution in [2.45, 2.75) is 69.7 Å². The molecule has 0 bridgehead atoms. The van der Waals surface area contributed by atoms with Gasteiger partial charge < -0.3 is 40.2 Å². The third-order valence-electron chi connectivity index (χ3n) is 8.47. The van der Waals surface area contributed by atoms with Crippen LogP contribution in [0.5, 0.6) is 5.88 Å². The van der Waals surface area contributed by atoms with E-state index in [4.69, 9.17) is 19.7 Å². The molecule has 0 saturated carbocycles. The summed E-state index contributed by atoms with van der Waals surface area (Å²) < 4.78 is 33.7. The molecule has 17 nitrogen and oxygen atoms in total. The number of carboxylic acid groups (broad SMARTS) is 2. The molecule has 3 heterocycles. The van der Waals surface area contributed by atoms with Crippen LogP contribution in [-0.2, 0) is 29.0 Å². The molecule has 2 aromatic carbocycles. The Labute approximate surface area is 293 Å². The van der Waals surface area contributed by atoms with Crippen LogP contribution in [0.4, 0.5) is 5.95 Å². The number of nitrogens with one attached hydrogen (secondary N) is 2. The molecule has 2 aromatic heterocycles. The van der Waals surface area contributed by atoms with Crippen LogP contribution < -0.4 is 20.6 Å². The van der Waals surface area contributed by atoms with Crippen molar-refractivity contribution >= 4 is 36.7 Å². The first-order chi connectivity index (χ1) is 23.9. The van der Waals surface area contributed by atoms with E-state index in [9.17, 15) is 30.0 Å². The number of nitrogens with zero attached hydrogens (tertiary/aromatic N) is 4. The molecular weight excluding hydrogens is 685 g/mol. The molecule has 1 fully saturated rings. The normalized spacial score (nSPS) is 23.7. The number of ether oxygens (including phenoxy) is 2. The Kier molecular flexibility index (Phi) is 10.6. The van der Waals surface area contributed by atoms with Crippen LogP contribution in [0.15, 0.2) is 67.0 Å². The Hall–Kier alpha value is -4.48. The van der Waals surface area contributed by atoms with Gasteiger partial charge in [0.1, 0.15) is 23.9 Å². The number of nitrogens with two attached hydrogens (primary N) is 1. The topological polar surface area (TPSA) is 253 Å². The zero-order valence-corrected chi connectivity index (χ0v) is 29.5. The molecule has 18 heteroatoms. The fourth-order valence-electron chi connectivity index (χ4n) is 6.19. The summed E-state index contributed by atoms with van der Waals surface area (Å²) in [6.07, 6.45) is -3.23. The smallest absolute Gasteiger partial charge is 0.343 e. The van der Waals surface area contributed by atoms with Crippen molar-refractivity contribution in [3.05, 3.63) is 78.1 Å². The number of hydrogen-bond acceptors (Lipinski definition) is 12. The van der Waals surface area contributed by atoms with E-state index < -0.39 is 67.2 Å². The summed E-state index contributed by atoms with van der Waals surface area (Å²) in [6, 6.07) is 14.3. The number of benzene rings is 2. The lowest BCUT2D eigenvalue weighted by atomic mass is 9.76. The van der Waals surface area contributed by atoms with Crippen molar-refractivity contribution in [3.8, 4) is 5.88 Å². The highest BCUT2D eigenvalue weighted by atomic mass is 31.2. The summed E-state index contributed by atoms with van der Waals surface area (Å²) >= 11 is 0. The van der Waals surface area contributed by atoms with Crippen molar-refractivity contribution in [1.29, 1.82) is 0 Å². The minimum atomic E-state index is -4.79. The first-order valence-corrected chi connectivity index (χ1v) is 17.5. The lowest BCUT2D eigenvalue weighted by Gasteiger charge is -2.39. The number of aliphatic hydroxyl groups is 2. The quantitative estimate of drug-likeness (QED) is 0.0922. The van der Waals surface area contributed by atoms with Crippen molar-refractivity contribution in [1.82, 2.24) is 29.7 Å². The molecule has 0 aliphatic carbocycles. The van der Waals surface area contributed by atoms with Gasteiger partial charge in [0.25, 0.3) is 0 Å². The molecule has 0 radical (unpaired) electrons. The average molecular weight is 728 g/mol. The van der Waals surface area contributed by atoms with Crippen LogP contribution in [0.2, 0.25) is 0 Å². The Morgan fingerprint density at radius 1 is 1.10 bits per heavy atom. The molecule has 1 aliphatic rings. The molecule has 1 aliphatic heterocycles. The lowest BCUT2D eigenvalue weighted by Crippen LogP contribution is -2.52. The van der Waals surface area contributed by atoms with Crippen LogP contribution >= 0.6 is 7.67 Å².